The number of halogens is 2. The van der Waals surface area contributed by atoms with Crippen LogP contribution >= 0.6 is 0 Å². The van der Waals surface area contributed by atoms with Gasteiger partial charge in [0.05, 0.1) is 38.6 Å². The van der Waals surface area contributed by atoms with Crippen molar-refractivity contribution in [2.45, 2.75) is 70.5 Å². The van der Waals surface area contributed by atoms with Crippen molar-refractivity contribution >= 4 is 5.97 Å². The van der Waals surface area contributed by atoms with Crippen molar-refractivity contribution in [3.63, 3.8) is 0 Å². The fraction of sp³-hybridized carbons (Fsp3) is 0.514. The third kappa shape index (κ3) is 10.2. The normalized spacial score (nSPS) is 18.0. The lowest BCUT2D eigenvalue weighted by Crippen LogP contribution is -2.26. The Morgan fingerprint density at radius 2 is 1.68 bits per heavy atom. The van der Waals surface area contributed by atoms with Crippen LogP contribution in [0, 0.1) is 23.5 Å². The molecule has 2 aromatic rings. The topological polar surface area (TPSA) is 105 Å². The van der Waals surface area contributed by atoms with Crippen molar-refractivity contribution < 1.29 is 43.1 Å². The van der Waals surface area contributed by atoms with Crippen LogP contribution in [0.4, 0.5) is 8.78 Å². The van der Waals surface area contributed by atoms with Gasteiger partial charge in [-0.15, -0.1) is 0 Å². The summed E-state index contributed by atoms with van der Waals surface area (Å²) >= 11 is 0. The monoisotopic (exact) mass is 616 g/mol. The predicted octanol–water partition coefficient (Wildman–Crippen LogP) is 6.46. The molecule has 242 valence electrons. The van der Waals surface area contributed by atoms with Crippen molar-refractivity contribution in [3.05, 3.63) is 77.9 Å². The van der Waals surface area contributed by atoms with Gasteiger partial charge in [-0.2, -0.15) is 0 Å². The number of ether oxygens (including phenoxy) is 3. The Bertz CT molecular complexity index is 1220. The standard InChI is InChI=1S/C35H46F2O7/c1-4-5-18-42-29-14-12-28(13-15-29)31-17-16-30(32(36)33(31)37)27-10-8-25(9-11-27)6-7-26(21-43-34(40)23(2)19-38)22-44-35(41)24(3)20-39/h12-17,25-27,34,38-40H,2-11,18-22H2,1H3. The maximum atomic E-state index is 15.3. The largest absolute Gasteiger partial charge is 0.494 e. The molecule has 0 spiro atoms. The van der Waals surface area contributed by atoms with Crippen LogP contribution in [0.3, 0.4) is 0 Å². The molecule has 7 nitrogen and oxygen atoms in total. The van der Waals surface area contributed by atoms with Crippen molar-refractivity contribution in [2.75, 3.05) is 33.0 Å². The first-order valence-corrected chi connectivity index (χ1v) is 15.4. The molecule has 0 aromatic heterocycles. The Kier molecular flexibility index (Phi) is 14.5. The number of carbonyl (C=O) groups excluding carboxylic acids is 1. The molecular formula is C35H46F2O7. The minimum absolute atomic E-state index is 0.0109. The van der Waals surface area contributed by atoms with Crippen LogP contribution in [0.25, 0.3) is 11.1 Å². The third-order valence-corrected chi connectivity index (χ3v) is 8.29. The summed E-state index contributed by atoms with van der Waals surface area (Å²) < 4.78 is 46.9. The Morgan fingerprint density at radius 3 is 2.32 bits per heavy atom. The van der Waals surface area contributed by atoms with E-state index in [0.29, 0.717) is 35.8 Å². The van der Waals surface area contributed by atoms with Gasteiger partial charge in [0.2, 0.25) is 0 Å². The van der Waals surface area contributed by atoms with E-state index in [-0.39, 0.29) is 41.8 Å². The molecule has 2 aromatic carbocycles. The maximum Gasteiger partial charge on any atom is 0.335 e. The highest BCUT2D eigenvalue weighted by Crippen LogP contribution is 2.40. The smallest absolute Gasteiger partial charge is 0.335 e. The highest BCUT2D eigenvalue weighted by atomic mass is 19.2. The molecule has 1 aliphatic carbocycles. The number of rotatable bonds is 18. The van der Waals surface area contributed by atoms with Crippen molar-refractivity contribution in [1.82, 2.24) is 0 Å². The van der Waals surface area contributed by atoms with Gasteiger partial charge in [0, 0.05) is 17.1 Å². The van der Waals surface area contributed by atoms with Gasteiger partial charge in [-0.25, -0.2) is 13.6 Å². The summed E-state index contributed by atoms with van der Waals surface area (Å²) in [4.78, 5) is 12.0. The van der Waals surface area contributed by atoms with E-state index in [0.717, 1.165) is 44.9 Å². The molecule has 0 heterocycles. The van der Waals surface area contributed by atoms with E-state index in [9.17, 15) is 9.90 Å². The first-order valence-electron chi connectivity index (χ1n) is 15.4. The molecule has 2 atom stereocenters. The van der Waals surface area contributed by atoms with Crippen LogP contribution in [0.15, 0.2) is 60.7 Å². The SMILES string of the molecule is C=C(CO)C(=O)OCC(CCC1CCC(c2ccc(-c3ccc(OCCCC)cc3)c(F)c2F)CC1)COC(O)C(=C)CO. The van der Waals surface area contributed by atoms with Gasteiger partial charge in [0.25, 0.3) is 0 Å². The van der Waals surface area contributed by atoms with Gasteiger partial charge in [0.15, 0.2) is 17.9 Å². The molecule has 3 N–H and O–H groups in total. The average Bonchev–Trinajstić information content (AvgIpc) is 3.05. The van der Waals surface area contributed by atoms with Gasteiger partial charge in [0.1, 0.15) is 5.75 Å². The lowest BCUT2D eigenvalue weighted by atomic mass is 9.76. The zero-order chi connectivity index (χ0) is 32.1. The van der Waals surface area contributed by atoms with Crippen LogP contribution in [0.5, 0.6) is 5.75 Å². The second kappa shape index (κ2) is 18.0. The summed E-state index contributed by atoms with van der Waals surface area (Å²) in [6.07, 6.45) is 5.20. The van der Waals surface area contributed by atoms with Gasteiger partial charge in [-0.1, -0.05) is 50.8 Å². The Balaban J connectivity index is 1.56. The molecular weight excluding hydrogens is 570 g/mol. The molecule has 0 radical (unpaired) electrons. The Hall–Kier alpha value is -3.11. The lowest BCUT2D eigenvalue weighted by Gasteiger charge is -2.30. The van der Waals surface area contributed by atoms with Crippen LogP contribution in [-0.4, -0.2) is 60.6 Å². The fourth-order valence-electron chi connectivity index (χ4n) is 5.40. The number of benzene rings is 2. The number of aliphatic hydroxyl groups excluding tert-OH is 3. The summed E-state index contributed by atoms with van der Waals surface area (Å²) in [5, 5.41) is 28.3. The molecule has 0 saturated heterocycles. The molecule has 1 saturated carbocycles. The predicted molar refractivity (Wildman–Crippen MR) is 165 cm³/mol. The van der Waals surface area contributed by atoms with E-state index < -0.39 is 37.1 Å². The van der Waals surface area contributed by atoms with E-state index in [1.165, 1.54) is 0 Å². The second-order valence-corrected chi connectivity index (χ2v) is 11.6. The maximum absolute atomic E-state index is 15.3. The molecule has 1 aliphatic rings. The van der Waals surface area contributed by atoms with Gasteiger partial charge >= 0.3 is 5.97 Å². The molecule has 9 heteroatoms. The first-order chi connectivity index (χ1) is 21.2. The second-order valence-electron chi connectivity index (χ2n) is 11.6. The van der Waals surface area contributed by atoms with E-state index in [4.69, 9.17) is 24.4 Å². The summed E-state index contributed by atoms with van der Waals surface area (Å²) in [6.45, 7) is 8.88. The third-order valence-electron chi connectivity index (χ3n) is 8.29. The first kappa shape index (κ1) is 35.4. The van der Waals surface area contributed by atoms with Crippen LogP contribution in [0.1, 0.15) is 69.8 Å². The van der Waals surface area contributed by atoms with Crippen molar-refractivity contribution in [3.8, 4) is 16.9 Å². The van der Waals surface area contributed by atoms with Crippen molar-refractivity contribution in [2.24, 2.45) is 11.8 Å². The highest BCUT2D eigenvalue weighted by molar-refractivity contribution is 5.87. The summed E-state index contributed by atoms with van der Waals surface area (Å²) in [5.41, 5.74) is 1.29. The zero-order valence-corrected chi connectivity index (χ0v) is 25.6. The minimum Gasteiger partial charge on any atom is -0.494 e. The molecule has 3 rings (SSSR count). The van der Waals surface area contributed by atoms with Crippen LogP contribution < -0.4 is 4.74 Å². The highest BCUT2D eigenvalue weighted by Gasteiger charge is 2.27. The molecule has 0 bridgehead atoms. The van der Waals surface area contributed by atoms with Gasteiger partial charge < -0.3 is 29.5 Å². The number of carbonyl (C=O) groups is 1. The number of aliphatic hydroxyl groups is 3. The molecule has 2 unspecified atom stereocenters. The van der Waals surface area contributed by atoms with Crippen LogP contribution in [-0.2, 0) is 14.3 Å². The molecule has 0 aliphatic heterocycles. The number of hydrogen-bond acceptors (Lipinski definition) is 7. The summed E-state index contributed by atoms with van der Waals surface area (Å²) in [7, 11) is 0. The van der Waals surface area contributed by atoms with E-state index in [1.807, 2.05) is 0 Å². The fourth-order valence-corrected chi connectivity index (χ4v) is 5.40. The molecule has 0 amide bonds. The molecule has 1 fully saturated rings. The van der Waals surface area contributed by atoms with Crippen LogP contribution in [0.2, 0.25) is 0 Å². The van der Waals surface area contributed by atoms with E-state index in [2.05, 4.69) is 20.1 Å². The van der Waals surface area contributed by atoms with Crippen molar-refractivity contribution in [1.29, 1.82) is 0 Å². The lowest BCUT2D eigenvalue weighted by molar-refractivity contribution is -0.143. The average molecular weight is 617 g/mol. The Labute approximate surface area is 259 Å². The van der Waals surface area contributed by atoms with E-state index >= 15 is 8.78 Å². The summed E-state index contributed by atoms with van der Waals surface area (Å²) in [6, 6.07) is 10.4. The summed E-state index contributed by atoms with van der Waals surface area (Å²) in [5.74, 6) is -1.60. The van der Waals surface area contributed by atoms with Gasteiger partial charge in [-0.05, 0) is 80.0 Å². The number of esters is 1. The number of hydrogen-bond donors (Lipinski definition) is 3. The quantitative estimate of drug-likeness (QED) is 0.0581. The Morgan fingerprint density at radius 1 is 0.977 bits per heavy atom. The number of unbranched alkanes of at least 4 members (excludes halogenated alkanes) is 1. The van der Waals surface area contributed by atoms with Gasteiger partial charge in [-0.3, -0.25) is 0 Å². The minimum atomic E-state index is -1.34. The van der Waals surface area contributed by atoms with E-state index in [1.54, 1.807) is 36.4 Å². The zero-order valence-electron chi connectivity index (χ0n) is 25.6. The molecule has 44 heavy (non-hydrogen) atoms.